The third-order valence-corrected chi connectivity index (χ3v) is 8.42. The van der Waals surface area contributed by atoms with Crippen molar-refractivity contribution >= 4 is 11.8 Å². The van der Waals surface area contributed by atoms with Crippen LogP contribution in [0.5, 0.6) is 0 Å². The zero-order chi connectivity index (χ0) is 22.2. The molecular weight excluding hydrogens is 388 g/mol. The van der Waals surface area contributed by atoms with Gasteiger partial charge in [0, 0.05) is 18.0 Å². The van der Waals surface area contributed by atoms with Crippen molar-refractivity contribution in [1.29, 1.82) is 0 Å². The summed E-state index contributed by atoms with van der Waals surface area (Å²) in [5.41, 5.74) is 1.09. The molecule has 1 aromatic carbocycles. The first-order chi connectivity index (χ1) is 14.8. The Hall–Kier alpha value is -1.88. The summed E-state index contributed by atoms with van der Waals surface area (Å²) >= 11 is 0. The molecule has 5 nitrogen and oxygen atoms in total. The van der Waals surface area contributed by atoms with Crippen LogP contribution >= 0.6 is 0 Å². The smallest absolute Gasteiger partial charge is 0.224 e. The summed E-state index contributed by atoms with van der Waals surface area (Å²) in [5.74, 6) is 0.212. The fourth-order valence-electron chi connectivity index (χ4n) is 6.29. The zero-order valence-electron chi connectivity index (χ0n) is 19.1. The summed E-state index contributed by atoms with van der Waals surface area (Å²) in [7, 11) is 0. The van der Waals surface area contributed by atoms with Crippen molar-refractivity contribution in [2.24, 2.45) is 29.1 Å². The third-order valence-electron chi connectivity index (χ3n) is 8.42. The minimum Gasteiger partial charge on any atom is -0.392 e. The molecule has 5 heteroatoms. The zero-order valence-corrected chi connectivity index (χ0v) is 19.1. The van der Waals surface area contributed by atoms with Crippen LogP contribution in [0.4, 0.5) is 0 Å². The molecular formula is C26H38N2O3. The van der Waals surface area contributed by atoms with Crippen molar-refractivity contribution in [3.8, 4) is 0 Å². The van der Waals surface area contributed by atoms with Gasteiger partial charge < -0.3 is 15.7 Å². The standard InChI is InChI=1S/C26H38N2O3/c1-16(25(31)27-19-9-10-19)20-11-13-26(3)14-12-21(17(2)23(26)24(20)30)28-22(29)15-18-7-5-4-6-8-18/h4-8,16-17,19-21,23-24,30H,9-15H2,1-3H3,(H,27,31)(H,28,29)/t16-,17-,20+,21-,23+,24-,26+/m0/s1. The number of carbonyl (C=O) groups is 2. The van der Waals surface area contributed by atoms with Crippen LogP contribution in [0.15, 0.2) is 30.3 Å². The molecule has 3 N–H and O–H groups in total. The van der Waals surface area contributed by atoms with Crippen LogP contribution in [0.2, 0.25) is 0 Å². The van der Waals surface area contributed by atoms with Gasteiger partial charge in [0.25, 0.3) is 0 Å². The second kappa shape index (κ2) is 8.93. The predicted molar refractivity (Wildman–Crippen MR) is 121 cm³/mol. The van der Waals surface area contributed by atoms with Gasteiger partial charge in [-0.05, 0) is 67.3 Å². The number of nitrogens with one attached hydrogen (secondary N) is 2. The molecule has 31 heavy (non-hydrogen) atoms. The van der Waals surface area contributed by atoms with Gasteiger partial charge in [-0.3, -0.25) is 9.59 Å². The predicted octanol–water partition coefficient (Wildman–Crippen LogP) is 3.45. The molecule has 1 aromatic rings. The first kappa shape index (κ1) is 22.3. The second-order valence-electron chi connectivity index (χ2n) is 10.7. The number of hydrogen-bond donors (Lipinski definition) is 3. The fraction of sp³-hybridized carbons (Fsp3) is 0.692. The fourth-order valence-corrected chi connectivity index (χ4v) is 6.29. The van der Waals surface area contributed by atoms with Crippen LogP contribution in [0, 0.1) is 29.1 Å². The van der Waals surface area contributed by atoms with Crippen LogP contribution in [0.1, 0.15) is 64.9 Å². The normalized spacial score (nSPS) is 36.2. The molecule has 0 unspecified atom stereocenters. The Kier molecular flexibility index (Phi) is 6.43. The van der Waals surface area contributed by atoms with Gasteiger partial charge in [0.05, 0.1) is 12.5 Å². The van der Waals surface area contributed by atoms with E-state index in [1.807, 2.05) is 37.3 Å². The van der Waals surface area contributed by atoms with E-state index < -0.39 is 6.10 Å². The van der Waals surface area contributed by atoms with E-state index in [0.29, 0.717) is 12.5 Å². The summed E-state index contributed by atoms with van der Waals surface area (Å²) in [5, 5.41) is 17.8. The first-order valence-corrected chi connectivity index (χ1v) is 12.1. The first-order valence-electron chi connectivity index (χ1n) is 12.1. The highest BCUT2D eigenvalue weighted by Crippen LogP contribution is 2.55. The lowest BCUT2D eigenvalue weighted by Crippen LogP contribution is -2.58. The van der Waals surface area contributed by atoms with E-state index in [0.717, 1.165) is 44.1 Å². The lowest BCUT2D eigenvalue weighted by atomic mass is 9.51. The maximum atomic E-state index is 12.7. The lowest BCUT2D eigenvalue weighted by molar-refractivity contribution is -0.143. The highest BCUT2D eigenvalue weighted by molar-refractivity contribution is 5.79. The van der Waals surface area contributed by atoms with Crippen molar-refractivity contribution in [1.82, 2.24) is 10.6 Å². The second-order valence-corrected chi connectivity index (χ2v) is 10.7. The Labute approximate surface area is 186 Å². The maximum absolute atomic E-state index is 12.7. The van der Waals surface area contributed by atoms with Crippen molar-refractivity contribution < 1.29 is 14.7 Å². The van der Waals surface area contributed by atoms with E-state index in [2.05, 4.69) is 24.5 Å². The Morgan fingerprint density at radius 2 is 1.77 bits per heavy atom. The number of carbonyl (C=O) groups excluding carboxylic acids is 2. The number of aliphatic hydroxyl groups excluding tert-OH is 1. The molecule has 7 atom stereocenters. The number of rotatable bonds is 6. The van der Waals surface area contributed by atoms with Crippen LogP contribution in [-0.4, -0.2) is 35.1 Å². The molecule has 0 spiro atoms. The molecule has 0 bridgehead atoms. The summed E-state index contributed by atoms with van der Waals surface area (Å²) in [6.07, 6.45) is 5.91. The van der Waals surface area contributed by atoms with E-state index in [1.165, 1.54) is 0 Å². The molecule has 0 aromatic heterocycles. The van der Waals surface area contributed by atoms with E-state index in [4.69, 9.17) is 0 Å². The van der Waals surface area contributed by atoms with Crippen LogP contribution in [-0.2, 0) is 16.0 Å². The quantitative estimate of drug-likeness (QED) is 0.652. The summed E-state index contributed by atoms with van der Waals surface area (Å²) in [6, 6.07) is 10.2. The Morgan fingerprint density at radius 1 is 1.10 bits per heavy atom. The van der Waals surface area contributed by atoms with Crippen molar-refractivity contribution in [2.45, 2.75) is 83.9 Å². The highest BCUT2D eigenvalue weighted by Gasteiger charge is 2.54. The van der Waals surface area contributed by atoms with Crippen molar-refractivity contribution in [3.63, 3.8) is 0 Å². The topological polar surface area (TPSA) is 78.4 Å². The van der Waals surface area contributed by atoms with E-state index >= 15 is 0 Å². The molecule has 0 saturated heterocycles. The largest absolute Gasteiger partial charge is 0.392 e. The molecule has 3 aliphatic carbocycles. The van der Waals surface area contributed by atoms with Crippen LogP contribution in [0.25, 0.3) is 0 Å². The van der Waals surface area contributed by atoms with Crippen LogP contribution in [0.3, 0.4) is 0 Å². The average Bonchev–Trinajstić information content (AvgIpc) is 3.54. The van der Waals surface area contributed by atoms with Gasteiger partial charge in [-0.15, -0.1) is 0 Å². The molecule has 3 aliphatic rings. The molecule has 0 heterocycles. The monoisotopic (exact) mass is 426 g/mol. The number of aliphatic hydroxyl groups is 1. The number of fused-ring (bicyclic) bond motifs is 1. The van der Waals surface area contributed by atoms with E-state index in [-0.39, 0.29) is 46.9 Å². The Bertz CT molecular complexity index is 793. The van der Waals surface area contributed by atoms with Gasteiger partial charge in [0.2, 0.25) is 11.8 Å². The number of amides is 2. The average molecular weight is 427 g/mol. The minimum absolute atomic E-state index is 0.0157. The molecule has 2 amide bonds. The van der Waals surface area contributed by atoms with Gasteiger partial charge in [0.15, 0.2) is 0 Å². The van der Waals surface area contributed by atoms with E-state index in [9.17, 15) is 14.7 Å². The Balaban J connectivity index is 1.42. The van der Waals surface area contributed by atoms with Gasteiger partial charge in [-0.2, -0.15) is 0 Å². The molecule has 0 aliphatic heterocycles. The summed E-state index contributed by atoms with van der Waals surface area (Å²) < 4.78 is 0. The third kappa shape index (κ3) is 4.82. The van der Waals surface area contributed by atoms with Crippen molar-refractivity contribution in [3.05, 3.63) is 35.9 Å². The molecule has 4 rings (SSSR count). The SMILES string of the molecule is C[C@@H]1[C@@H]2[C@@H](O)[C@@H]([C@H](C)C(=O)NC3CC3)CC[C@]2(C)CC[C@@H]1NC(=O)Cc1ccccc1. The highest BCUT2D eigenvalue weighted by atomic mass is 16.3. The van der Waals surface area contributed by atoms with Crippen molar-refractivity contribution in [2.75, 3.05) is 0 Å². The van der Waals surface area contributed by atoms with Gasteiger partial charge in [-0.1, -0.05) is 51.1 Å². The molecule has 170 valence electrons. The molecule has 3 fully saturated rings. The molecule has 3 saturated carbocycles. The summed E-state index contributed by atoms with van der Waals surface area (Å²) in [6.45, 7) is 6.45. The number of hydrogen-bond acceptors (Lipinski definition) is 3. The van der Waals surface area contributed by atoms with Gasteiger partial charge in [-0.25, -0.2) is 0 Å². The van der Waals surface area contributed by atoms with Gasteiger partial charge >= 0.3 is 0 Å². The maximum Gasteiger partial charge on any atom is 0.224 e. The van der Waals surface area contributed by atoms with E-state index in [1.54, 1.807) is 0 Å². The van der Waals surface area contributed by atoms with Crippen LogP contribution < -0.4 is 10.6 Å². The Morgan fingerprint density at radius 3 is 2.45 bits per heavy atom. The minimum atomic E-state index is -0.512. The van der Waals surface area contributed by atoms with Gasteiger partial charge in [0.1, 0.15) is 0 Å². The lowest BCUT2D eigenvalue weighted by Gasteiger charge is -2.56. The molecule has 0 radical (unpaired) electrons. The summed E-state index contributed by atoms with van der Waals surface area (Å²) in [4.78, 5) is 25.4. The number of benzene rings is 1.